The van der Waals surface area contributed by atoms with Crippen LogP contribution in [0.15, 0.2) is 64.0 Å². The van der Waals surface area contributed by atoms with Crippen molar-refractivity contribution < 1.29 is 31.3 Å². The molecule has 1 aliphatic rings. The molecule has 1 aliphatic heterocycles. The monoisotopic (exact) mass is 462 g/mol. The largest absolute Gasteiger partial charge is 0.459 e. The van der Waals surface area contributed by atoms with E-state index in [-0.39, 0.29) is 37.4 Å². The van der Waals surface area contributed by atoms with E-state index < -0.39 is 33.5 Å². The number of carbonyl (C=O) groups excluding carboxylic acids is 1. The van der Waals surface area contributed by atoms with Crippen LogP contribution in [0.5, 0.6) is 0 Å². The van der Waals surface area contributed by atoms with Crippen LogP contribution >= 0.6 is 0 Å². The zero-order valence-electron chi connectivity index (χ0n) is 16.9. The lowest BCUT2D eigenvalue weighted by Gasteiger charge is -2.30. The second-order valence-corrected chi connectivity index (χ2v) is 9.35. The second kappa shape index (κ2) is 9.17. The zero-order valence-corrected chi connectivity index (χ0v) is 17.7. The smallest absolute Gasteiger partial charge is 0.309 e. The zero-order chi connectivity index (χ0) is 22.7. The van der Waals surface area contributed by atoms with E-state index in [2.05, 4.69) is 5.16 Å². The molecule has 0 N–H and O–H groups in total. The molecule has 168 valence electrons. The van der Waals surface area contributed by atoms with E-state index >= 15 is 0 Å². The highest BCUT2D eigenvalue weighted by molar-refractivity contribution is 7.89. The number of hydrogen-bond acceptors (Lipinski definition) is 6. The Bertz CT molecular complexity index is 1210. The third-order valence-corrected chi connectivity index (χ3v) is 7.19. The van der Waals surface area contributed by atoms with E-state index in [4.69, 9.17) is 9.26 Å². The summed E-state index contributed by atoms with van der Waals surface area (Å²) in [7, 11) is -3.98. The van der Waals surface area contributed by atoms with Gasteiger partial charge in [0.1, 0.15) is 12.3 Å². The first-order valence-corrected chi connectivity index (χ1v) is 11.4. The Morgan fingerprint density at radius 3 is 2.47 bits per heavy atom. The molecule has 2 heterocycles. The van der Waals surface area contributed by atoms with Crippen molar-refractivity contribution in [2.45, 2.75) is 24.3 Å². The van der Waals surface area contributed by atoms with Gasteiger partial charge in [0, 0.05) is 24.7 Å². The third-order valence-electron chi connectivity index (χ3n) is 5.30. The van der Waals surface area contributed by atoms with Gasteiger partial charge in [-0.15, -0.1) is 0 Å². The van der Waals surface area contributed by atoms with Crippen molar-refractivity contribution in [1.82, 2.24) is 9.46 Å². The molecule has 0 saturated carbocycles. The minimum atomic E-state index is -3.98. The van der Waals surface area contributed by atoms with Gasteiger partial charge in [0.05, 0.1) is 10.8 Å². The van der Waals surface area contributed by atoms with Crippen molar-refractivity contribution >= 4 is 16.0 Å². The van der Waals surface area contributed by atoms with Gasteiger partial charge in [-0.2, -0.15) is 4.31 Å². The SMILES string of the molecule is O=C(OCc1cc(-c2ccccc2)on1)C1CCN(S(=O)(=O)c2ccc(F)c(F)c2)CC1. The molecule has 7 nitrogen and oxygen atoms in total. The summed E-state index contributed by atoms with van der Waals surface area (Å²) in [6.45, 7) is 0.0922. The highest BCUT2D eigenvalue weighted by Crippen LogP contribution is 2.26. The summed E-state index contributed by atoms with van der Waals surface area (Å²) in [5.41, 5.74) is 1.32. The van der Waals surface area contributed by atoms with Crippen LogP contribution in [-0.2, 0) is 26.2 Å². The lowest BCUT2D eigenvalue weighted by atomic mass is 9.98. The normalized spacial score (nSPS) is 15.6. The quantitative estimate of drug-likeness (QED) is 0.518. The fourth-order valence-electron chi connectivity index (χ4n) is 3.50. The Morgan fingerprint density at radius 2 is 1.78 bits per heavy atom. The molecule has 0 bridgehead atoms. The highest BCUT2D eigenvalue weighted by Gasteiger charge is 2.33. The van der Waals surface area contributed by atoms with Crippen LogP contribution < -0.4 is 0 Å². The Hall–Kier alpha value is -3.11. The molecule has 0 aliphatic carbocycles. The van der Waals surface area contributed by atoms with Gasteiger partial charge in [0.2, 0.25) is 10.0 Å². The van der Waals surface area contributed by atoms with Crippen molar-refractivity contribution in [3.63, 3.8) is 0 Å². The van der Waals surface area contributed by atoms with Gasteiger partial charge < -0.3 is 9.26 Å². The molecule has 0 atom stereocenters. The number of hydrogen-bond donors (Lipinski definition) is 0. The molecule has 10 heteroatoms. The fourth-order valence-corrected chi connectivity index (χ4v) is 4.98. The molecule has 0 unspecified atom stereocenters. The van der Waals surface area contributed by atoms with Crippen LogP contribution in [0, 0.1) is 17.6 Å². The first kappa shape index (κ1) is 22.1. The van der Waals surface area contributed by atoms with Crippen LogP contribution in [0.3, 0.4) is 0 Å². The lowest BCUT2D eigenvalue weighted by Crippen LogP contribution is -2.40. The maximum Gasteiger partial charge on any atom is 0.309 e. The van der Waals surface area contributed by atoms with Crippen molar-refractivity contribution in [2.24, 2.45) is 5.92 Å². The molecule has 1 fully saturated rings. The first-order chi connectivity index (χ1) is 15.3. The maximum absolute atomic E-state index is 13.4. The van der Waals surface area contributed by atoms with Gasteiger partial charge in [0.15, 0.2) is 17.4 Å². The average Bonchev–Trinajstić information content (AvgIpc) is 3.29. The number of halogens is 2. The Balaban J connectivity index is 1.31. The standard InChI is InChI=1S/C22H20F2N2O5S/c23-19-7-6-18(13-20(19)24)32(28,29)26-10-8-16(9-11-26)22(27)30-14-17-12-21(31-25-17)15-4-2-1-3-5-15/h1-7,12-13,16H,8-11,14H2. The van der Waals surface area contributed by atoms with E-state index in [1.165, 1.54) is 0 Å². The van der Waals surface area contributed by atoms with Crippen LogP contribution in [0.2, 0.25) is 0 Å². The predicted molar refractivity (Wildman–Crippen MR) is 110 cm³/mol. The molecule has 0 radical (unpaired) electrons. The van der Waals surface area contributed by atoms with Gasteiger partial charge in [-0.1, -0.05) is 35.5 Å². The fraction of sp³-hybridized carbons (Fsp3) is 0.273. The van der Waals surface area contributed by atoms with Crippen molar-refractivity contribution in [2.75, 3.05) is 13.1 Å². The Morgan fingerprint density at radius 1 is 1.06 bits per heavy atom. The van der Waals surface area contributed by atoms with Gasteiger partial charge >= 0.3 is 5.97 Å². The number of piperidine rings is 1. The second-order valence-electron chi connectivity index (χ2n) is 7.41. The minimum absolute atomic E-state index is 0.0530. The van der Waals surface area contributed by atoms with E-state index in [1.54, 1.807) is 6.07 Å². The number of benzene rings is 2. The molecule has 32 heavy (non-hydrogen) atoms. The summed E-state index contributed by atoms with van der Waals surface area (Å²) >= 11 is 0. The summed E-state index contributed by atoms with van der Waals surface area (Å²) in [6, 6.07) is 13.5. The number of nitrogens with zero attached hydrogens (tertiary/aromatic N) is 2. The van der Waals surface area contributed by atoms with Gasteiger partial charge in [-0.3, -0.25) is 4.79 Å². The summed E-state index contributed by atoms with van der Waals surface area (Å²) < 4.78 is 63.6. The third kappa shape index (κ3) is 4.71. The highest BCUT2D eigenvalue weighted by atomic mass is 32.2. The average molecular weight is 462 g/mol. The van der Waals surface area contributed by atoms with E-state index in [1.807, 2.05) is 30.3 Å². The van der Waals surface area contributed by atoms with Crippen molar-refractivity contribution in [3.8, 4) is 11.3 Å². The van der Waals surface area contributed by atoms with Gasteiger partial charge in [-0.05, 0) is 31.0 Å². The minimum Gasteiger partial charge on any atom is -0.459 e. The number of rotatable bonds is 6. The van der Waals surface area contributed by atoms with Crippen molar-refractivity contribution in [3.05, 3.63) is 71.9 Å². The number of carbonyl (C=O) groups is 1. The molecule has 4 rings (SSSR count). The molecule has 0 spiro atoms. The molecule has 1 aromatic heterocycles. The number of aromatic nitrogens is 1. The topological polar surface area (TPSA) is 89.7 Å². The van der Waals surface area contributed by atoms with Gasteiger partial charge in [0.25, 0.3) is 0 Å². The summed E-state index contributed by atoms with van der Waals surface area (Å²) in [5, 5.41) is 3.90. The van der Waals surface area contributed by atoms with Crippen LogP contribution in [0.25, 0.3) is 11.3 Å². The summed E-state index contributed by atoms with van der Waals surface area (Å²) in [4.78, 5) is 12.1. The van der Waals surface area contributed by atoms with E-state index in [0.29, 0.717) is 17.5 Å². The number of esters is 1. The summed E-state index contributed by atoms with van der Waals surface area (Å²) in [5.74, 6) is -2.69. The molecule has 0 amide bonds. The maximum atomic E-state index is 13.4. The molecule has 2 aromatic carbocycles. The molecule has 3 aromatic rings. The molecule has 1 saturated heterocycles. The first-order valence-electron chi connectivity index (χ1n) is 9.97. The Labute approximate surface area is 183 Å². The van der Waals surface area contributed by atoms with E-state index in [0.717, 1.165) is 22.0 Å². The predicted octanol–water partition coefficient (Wildman–Crippen LogP) is 3.76. The van der Waals surface area contributed by atoms with E-state index in [9.17, 15) is 22.0 Å². The van der Waals surface area contributed by atoms with Crippen LogP contribution in [0.1, 0.15) is 18.5 Å². The summed E-state index contributed by atoms with van der Waals surface area (Å²) in [6.07, 6.45) is 0.519. The molecular formula is C22H20F2N2O5S. The lowest BCUT2D eigenvalue weighted by molar-refractivity contribution is -0.151. The molecular weight excluding hydrogens is 442 g/mol. The Kier molecular flexibility index (Phi) is 6.33. The van der Waals surface area contributed by atoms with Crippen LogP contribution in [-0.4, -0.2) is 36.9 Å². The number of sulfonamides is 1. The van der Waals surface area contributed by atoms with Gasteiger partial charge in [-0.25, -0.2) is 17.2 Å². The van der Waals surface area contributed by atoms with Crippen molar-refractivity contribution in [1.29, 1.82) is 0 Å². The number of ether oxygens (including phenoxy) is 1. The van der Waals surface area contributed by atoms with Crippen LogP contribution in [0.4, 0.5) is 8.78 Å².